The third kappa shape index (κ3) is 2.58. The number of nitrogen functional groups attached to an aromatic ring is 1. The number of thiazole rings is 1. The Kier molecular flexibility index (Phi) is 4.03. The minimum absolute atomic E-state index is 0.0932. The molecule has 3 N–H and O–H groups in total. The highest BCUT2D eigenvalue weighted by atomic mass is 32.2. The molecule has 1 aliphatic rings. The molecule has 0 bridgehead atoms. The Morgan fingerprint density at radius 1 is 1.40 bits per heavy atom. The highest BCUT2D eigenvalue weighted by Crippen LogP contribution is 2.50. The van der Waals surface area contributed by atoms with E-state index >= 15 is 0 Å². The monoisotopic (exact) mass is 381 g/mol. The van der Waals surface area contributed by atoms with E-state index in [9.17, 15) is 18.3 Å². The molecular formula is C16H19N3O4S2. The number of nitrogens with zero attached hydrogens (tertiary/aromatic N) is 2. The second kappa shape index (κ2) is 5.70. The highest BCUT2D eigenvalue weighted by Gasteiger charge is 2.55. The predicted molar refractivity (Wildman–Crippen MR) is 98.4 cm³/mol. The summed E-state index contributed by atoms with van der Waals surface area (Å²) in [5.41, 5.74) is 5.82. The van der Waals surface area contributed by atoms with E-state index < -0.39 is 27.2 Å². The van der Waals surface area contributed by atoms with E-state index in [1.165, 1.54) is 11.3 Å². The second-order valence-electron chi connectivity index (χ2n) is 7.11. The fraction of sp³-hybridized carbons (Fsp3) is 0.438. The van der Waals surface area contributed by atoms with E-state index in [-0.39, 0.29) is 11.5 Å². The fourth-order valence-electron chi connectivity index (χ4n) is 3.74. The summed E-state index contributed by atoms with van der Waals surface area (Å²) in [5.74, 6) is 0. The lowest BCUT2D eigenvalue weighted by molar-refractivity contribution is 0.172. The third-order valence-corrected chi connectivity index (χ3v) is 6.62. The Morgan fingerprint density at radius 2 is 2.08 bits per heavy atom. The van der Waals surface area contributed by atoms with Crippen LogP contribution in [0.25, 0.3) is 10.2 Å². The normalized spacial score (nSPS) is 21.1. The van der Waals surface area contributed by atoms with Crippen LogP contribution in [0, 0.1) is 5.41 Å². The van der Waals surface area contributed by atoms with Crippen LogP contribution >= 0.6 is 11.3 Å². The van der Waals surface area contributed by atoms with Crippen molar-refractivity contribution in [1.29, 1.82) is 0 Å². The molecule has 1 fully saturated rings. The van der Waals surface area contributed by atoms with E-state index in [4.69, 9.17) is 5.73 Å². The Morgan fingerprint density at radius 3 is 2.64 bits per heavy atom. The van der Waals surface area contributed by atoms with Gasteiger partial charge in [0.1, 0.15) is 0 Å². The van der Waals surface area contributed by atoms with Gasteiger partial charge in [0.25, 0.3) is 0 Å². The Balaban J connectivity index is 2.34. The molecule has 25 heavy (non-hydrogen) atoms. The van der Waals surface area contributed by atoms with Crippen LogP contribution in [0.15, 0.2) is 18.2 Å². The predicted octanol–water partition coefficient (Wildman–Crippen LogP) is 2.56. The van der Waals surface area contributed by atoms with Gasteiger partial charge in [-0.1, -0.05) is 38.2 Å². The van der Waals surface area contributed by atoms with Gasteiger partial charge in [-0.3, -0.25) is 4.90 Å². The Bertz CT molecular complexity index is 996. The standard InChI is InChI=1S/C16H19N3O4S2/c1-15(2,3)16(6-7-19(14(20)21)12(16)25(22)23)9-4-5-10-11(8-9)24-13(17)18-10/h4-5,8H,6-7H2,1-3H3,(H2,17,18)(H,20,21)/t16-/m1/s1. The fourth-order valence-corrected chi connectivity index (χ4v) is 5.67. The number of hydrogen-bond acceptors (Lipinski definition) is 6. The van der Waals surface area contributed by atoms with Crippen molar-refractivity contribution in [3.63, 3.8) is 0 Å². The van der Waals surface area contributed by atoms with Gasteiger partial charge in [0, 0.05) is 6.54 Å². The summed E-state index contributed by atoms with van der Waals surface area (Å²) >= 11 is 1.32. The molecule has 7 nitrogen and oxygen atoms in total. The molecule has 0 saturated carbocycles. The average Bonchev–Trinajstić information content (AvgIpc) is 3.05. The molecule has 1 aliphatic heterocycles. The summed E-state index contributed by atoms with van der Waals surface area (Å²) in [6, 6.07) is 5.51. The van der Waals surface area contributed by atoms with Crippen LogP contribution in [0.4, 0.5) is 9.93 Å². The maximum absolute atomic E-state index is 12.0. The molecule has 2 heterocycles. The molecule has 3 rings (SSSR count). The molecule has 0 unspecified atom stereocenters. The average molecular weight is 381 g/mol. The van der Waals surface area contributed by atoms with Gasteiger partial charge >= 0.3 is 6.09 Å². The zero-order chi connectivity index (χ0) is 18.6. The first kappa shape index (κ1) is 17.7. The molecule has 0 aliphatic carbocycles. The van der Waals surface area contributed by atoms with Gasteiger partial charge in [0.05, 0.1) is 15.6 Å². The zero-order valence-electron chi connectivity index (χ0n) is 14.1. The van der Waals surface area contributed by atoms with Gasteiger partial charge < -0.3 is 10.8 Å². The van der Waals surface area contributed by atoms with Gasteiger partial charge in [-0.25, -0.2) is 9.78 Å². The number of rotatable bonds is 1. The van der Waals surface area contributed by atoms with E-state index in [0.717, 1.165) is 20.7 Å². The van der Waals surface area contributed by atoms with Gasteiger partial charge in [-0.15, -0.1) is 0 Å². The molecule has 0 spiro atoms. The summed E-state index contributed by atoms with van der Waals surface area (Å²) < 4.78 is 24.9. The van der Waals surface area contributed by atoms with Gasteiger partial charge in [0.15, 0.2) is 10.1 Å². The zero-order valence-corrected chi connectivity index (χ0v) is 15.7. The van der Waals surface area contributed by atoms with Crippen molar-refractivity contribution < 1.29 is 18.3 Å². The van der Waals surface area contributed by atoms with Crippen LogP contribution in [0.2, 0.25) is 0 Å². The van der Waals surface area contributed by atoms with Gasteiger partial charge in [0.2, 0.25) is 10.3 Å². The van der Waals surface area contributed by atoms with Crippen molar-refractivity contribution in [2.75, 3.05) is 12.3 Å². The van der Waals surface area contributed by atoms with Crippen molar-refractivity contribution in [3.05, 3.63) is 23.8 Å². The minimum Gasteiger partial charge on any atom is -0.465 e. The second-order valence-corrected chi connectivity index (χ2v) is 9.03. The number of hydrogen-bond donors (Lipinski definition) is 2. The van der Waals surface area contributed by atoms with Crippen LogP contribution in [-0.2, 0) is 15.7 Å². The molecule has 1 aromatic carbocycles. The van der Waals surface area contributed by atoms with Crippen LogP contribution in [0.5, 0.6) is 0 Å². The van der Waals surface area contributed by atoms with Crippen LogP contribution in [-0.4, -0.2) is 41.0 Å². The molecular weight excluding hydrogens is 362 g/mol. The summed E-state index contributed by atoms with van der Waals surface area (Å²) in [6.07, 6.45) is -0.861. The molecule has 1 aromatic heterocycles. The third-order valence-electron chi connectivity index (χ3n) is 4.89. The quantitative estimate of drug-likeness (QED) is 0.734. The Hall–Kier alpha value is -2.13. The maximum Gasteiger partial charge on any atom is 0.412 e. The summed E-state index contributed by atoms with van der Waals surface area (Å²) in [5, 5.41) is 9.90. The number of nitrogens with two attached hydrogens (primary N) is 1. The Labute approximate surface area is 150 Å². The first-order chi connectivity index (χ1) is 11.6. The minimum atomic E-state index is -2.66. The molecule has 0 radical (unpaired) electrons. The van der Waals surface area contributed by atoms with E-state index in [2.05, 4.69) is 4.98 Å². The number of fused-ring (bicyclic) bond motifs is 1. The first-order valence-corrected chi connectivity index (χ1v) is 9.61. The molecule has 1 atom stereocenters. The topological polar surface area (TPSA) is 114 Å². The number of aromatic nitrogens is 1. The maximum atomic E-state index is 12.0. The largest absolute Gasteiger partial charge is 0.465 e. The highest BCUT2D eigenvalue weighted by molar-refractivity contribution is 7.73. The summed E-state index contributed by atoms with van der Waals surface area (Å²) in [4.78, 5) is 16.7. The van der Waals surface area contributed by atoms with E-state index in [0.29, 0.717) is 11.6 Å². The molecule has 1 amide bonds. The molecule has 1 saturated heterocycles. The van der Waals surface area contributed by atoms with Crippen LogP contribution < -0.4 is 5.73 Å². The molecule has 134 valence electrons. The van der Waals surface area contributed by atoms with Gasteiger partial charge in [-0.2, -0.15) is 8.42 Å². The lowest BCUT2D eigenvalue weighted by Crippen LogP contribution is -2.48. The molecule has 9 heteroatoms. The van der Waals surface area contributed by atoms with E-state index in [1.807, 2.05) is 32.9 Å². The lowest BCUT2D eigenvalue weighted by atomic mass is 9.62. The number of carbonyl (C=O) groups is 1. The van der Waals surface area contributed by atoms with Crippen LogP contribution in [0.1, 0.15) is 32.8 Å². The number of benzene rings is 1. The number of likely N-dealkylation sites (tertiary alicyclic amines) is 1. The number of anilines is 1. The van der Waals surface area contributed by atoms with Crippen molar-refractivity contribution in [2.45, 2.75) is 32.6 Å². The van der Waals surface area contributed by atoms with Crippen LogP contribution in [0.3, 0.4) is 0 Å². The van der Waals surface area contributed by atoms with Crippen molar-refractivity contribution >= 4 is 48.1 Å². The smallest absolute Gasteiger partial charge is 0.412 e. The van der Waals surface area contributed by atoms with Gasteiger partial charge in [-0.05, 0) is 29.5 Å². The van der Waals surface area contributed by atoms with Crippen molar-refractivity contribution in [1.82, 2.24) is 9.88 Å². The number of amides is 1. The SMILES string of the molecule is CC(C)(C)[C@@]1(c2ccc3nc(N)sc3c2)CCN(C(=O)O)C1=S(=O)=O. The first-order valence-electron chi connectivity index (χ1n) is 7.71. The lowest BCUT2D eigenvalue weighted by Gasteiger charge is -2.41. The van der Waals surface area contributed by atoms with Crippen molar-refractivity contribution in [2.24, 2.45) is 5.41 Å². The van der Waals surface area contributed by atoms with E-state index in [1.54, 1.807) is 6.07 Å². The van der Waals surface area contributed by atoms with Crippen molar-refractivity contribution in [3.8, 4) is 0 Å². The summed E-state index contributed by atoms with van der Waals surface area (Å²) in [6.45, 7) is 5.92. The summed E-state index contributed by atoms with van der Waals surface area (Å²) in [7, 11) is -2.66. The molecule has 2 aromatic rings. The number of carboxylic acid groups (broad SMARTS) is 1.